The third kappa shape index (κ3) is 5.76. The van der Waals surface area contributed by atoms with Crippen LogP contribution >= 0.6 is 0 Å². The van der Waals surface area contributed by atoms with Gasteiger partial charge in [-0.3, -0.25) is 0 Å². The summed E-state index contributed by atoms with van der Waals surface area (Å²) in [5.41, 5.74) is 4.82. The van der Waals surface area contributed by atoms with E-state index in [1.807, 2.05) is 0 Å². The van der Waals surface area contributed by atoms with Crippen LogP contribution in [0, 0.1) is 6.92 Å². The van der Waals surface area contributed by atoms with Crippen LogP contribution in [0.5, 0.6) is 11.5 Å². The van der Waals surface area contributed by atoms with Gasteiger partial charge in [-0.2, -0.15) is 0 Å². The van der Waals surface area contributed by atoms with Gasteiger partial charge in [0.25, 0.3) is 0 Å². The molecule has 0 amide bonds. The van der Waals surface area contributed by atoms with E-state index in [9.17, 15) is 9.59 Å². The summed E-state index contributed by atoms with van der Waals surface area (Å²) in [5, 5.41) is 21.3. The van der Waals surface area contributed by atoms with Crippen LogP contribution in [0.4, 0.5) is 0 Å². The van der Waals surface area contributed by atoms with Crippen LogP contribution in [0.2, 0.25) is 0 Å². The zero-order valence-electron chi connectivity index (χ0n) is 20.8. The first kappa shape index (κ1) is 25.8. The molecule has 1 atom stereocenters. The molecule has 192 valence electrons. The van der Waals surface area contributed by atoms with Gasteiger partial charge in [-0.15, -0.1) is 0 Å². The Balaban J connectivity index is 0.000000349. The van der Waals surface area contributed by atoms with Crippen LogP contribution in [0.15, 0.2) is 72.8 Å². The highest BCUT2D eigenvalue weighted by Gasteiger charge is 2.28. The summed E-state index contributed by atoms with van der Waals surface area (Å²) in [6.07, 6.45) is 1.12. The topological polar surface area (TPSA) is 110 Å². The number of hydrogen-bond donors (Lipinski definition) is 3. The molecule has 0 saturated heterocycles. The predicted octanol–water partition coefficient (Wildman–Crippen LogP) is 4.78. The SMILES string of the molecule is CCNCCOc1cccc2c1c1cc(C)cc3c1n2C(c1ccccc1)CO3.O=C(O)/C=C\C(=O)O. The highest BCUT2D eigenvalue weighted by atomic mass is 16.5. The van der Waals surface area contributed by atoms with E-state index in [1.54, 1.807) is 0 Å². The van der Waals surface area contributed by atoms with Gasteiger partial charge in [-0.25, -0.2) is 9.59 Å². The largest absolute Gasteiger partial charge is 0.492 e. The Morgan fingerprint density at radius 3 is 2.49 bits per heavy atom. The second-order valence-electron chi connectivity index (χ2n) is 8.63. The van der Waals surface area contributed by atoms with E-state index < -0.39 is 11.9 Å². The second kappa shape index (κ2) is 11.6. The number of hydrogen-bond acceptors (Lipinski definition) is 5. The lowest BCUT2D eigenvalue weighted by Crippen LogP contribution is -2.22. The van der Waals surface area contributed by atoms with Gasteiger partial charge in [-0.1, -0.05) is 43.3 Å². The van der Waals surface area contributed by atoms with Gasteiger partial charge in [0.05, 0.1) is 17.1 Å². The molecule has 1 aliphatic heterocycles. The van der Waals surface area contributed by atoms with Crippen LogP contribution in [-0.2, 0) is 9.59 Å². The quantitative estimate of drug-likeness (QED) is 0.235. The van der Waals surface area contributed by atoms with Crippen molar-refractivity contribution in [1.82, 2.24) is 9.88 Å². The van der Waals surface area contributed by atoms with Crippen molar-refractivity contribution in [1.29, 1.82) is 0 Å². The molecule has 1 aliphatic rings. The van der Waals surface area contributed by atoms with Gasteiger partial charge in [0.1, 0.15) is 24.7 Å². The number of aryl methyl sites for hydroxylation is 1. The van der Waals surface area contributed by atoms with Crippen molar-refractivity contribution in [3.63, 3.8) is 0 Å². The van der Waals surface area contributed by atoms with E-state index in [2.05, 4.69) is 84.4 Å². The maximum Gasteiger partial charge on any atom is 0.328 e. The summed E-state index contributed by atoms with van der Waals surface area (Å²) in [6.45, 7) is 7.30. The molecule has 0 saturated carbocycles. The Morgan fingerprint density at radius 2 is 1.81 bits per heavy atom. The number of aromatic nitrogens is 1. The minimum absolute atomic E-state index is 0.142. The summed E-state index contributed by atoms with van der Waals surface area (Å²) in [4.78, 5) is 19.1. The monoisotopic (exact) mass is 502 g/mol. The first-order chi connectivity index (χ1) is 17.9. The fraction of sp³-hybridized carbons (Fsp3) is 0.241. The van der Waals surface area contributed by atoms with Crippen LogP contribution in [0.3, 0.4) is 0 Å². The number of likely N-dealkylation sites (N-methyl/N-ethyl adjacent to an activating group) is 1. The van der Waals surface area contributed by atoms with E-state index >= 15 is 0 Å². The first-order valence-corrected chi connectivity index (χ1v) is 12.1. The highest BCUT2D eigenvalue weighted by Crippen LogP contribution is 2.45. The summed E-state index contributed by atoms with van der Waals surface area (Å²) in [7, 11) is 0. The minimum Gasteiger partial charge on any atom is -0.492 e. The lowest BCUT2D eigenvalue weighted by molar-refractivity contribution is -0.134. The molecule has 0 aliphatic carbocycles. The number of aliphatic carboxylic acids is 2. The fourth-order valence-electron chi connectivity index (χ4n) is 4.57. The number of ether oxygens (including phenoxy) is 2. The third-order valence-corrected chi connectivity index (χ3v) is 6.04. The molecule has 37 heavy (non-hydrogen) atoms. The summed E-state index contributed by atoms with van der Waals surface area (Å²) in [6, 6.07) is 21.5. The molecule has 0 radical (unpaired) electrons. The lowest BCUT2D eigenvalue weighted by Gasteiger charge is -2.27. The van der Waals surface area contributed by atoms with Crippen molar-refractivity contribution < 1.29 is 29.3 Å². The Kier molecular flexibility index (Phi) is 8.10. The molecule has 1 unspecified atom stereocenters. The van der Waals surface area contributed by atoms with Crippen molar-refractivity contribution in [3.05, 3.63) is 83.9 Å². The zero-order chi connectivity index (χ0) is 26.4. The average Bonchev–Trinajstić information content (AvgIpc) is 3.22. The molecule has 3 N–H and O–H groups in total. The van der Waals surface area contributed by atoms with E-state index in [0.717, 1.165) is 30.1 Å². The Labute approximate surface area is 214 Å². The Morgan fingerprint density at radius 1 is 1.08 bits per heavy atom. The van der Waals surface area contributed by atoms with Crippen LogP contribution in [-0.4, -0.2) is 53.0 Å². The molecular weight excluding hydrogens is 472 g/mol. The van der Waals surface area contributed by atoms with Gasteiger partial charge < -0.3 is 29.6 Å². The van der Waals surface area contributed by atoms with Crippen molar-refractivity contribution in [2.45, 2.75) is 19.9 Å². The van der Waals surface area contributed by atoms with Gasteiger partial charge in [0.2, 0.25) is 0 Å². The highest BCUT2D eigenvalue weighted by molar-refractivity contribution is 6.13. The van der Waals surface area contributed by atoms with Crippen molar-refractivity contribution in [2.75, 3.05) is 26.3 Å². The van der Waals surface area contributed by atoms with E-state index in [1.165, 1.54) is 27.4 Å². The van der Waals surface area contributed by atoms with Gasteiger partial charge in [-0.05, 0) is 48.9 Å². The molecule has 0 spiro atoms. The summed E-state index contributed by atoms with van der Waals surface area (Å²) in [5.74, 6) is -0.615. The second-order valence-corrected chi connectivity index (χ2v) is 8.63. The standard InChI is InChI=1S/C25H26N2O2.C4H4O4/c1-3-26-12-13-28-22-11-7-10-20-24(22)19-14-17(2)15-23-25(19)27(20)21(16-29-23)18-8-5-4-6-9-18;5-3(6)1-2-4(7)8/h4-11,14-15,21,26H,3,12-13,16H2,1-2H3;1-2H,(H,5,6)(H,7,8)/b;2-1-. The maximum atomic E-state index is 9.55. The molecule has 5 rings (SSSR count). The molecule has 0 fully saturated rings. The minimum atomic E-state index is -1.26. The van der Waals surface area contributed by atoms with Crippen LogP contribution < -0.4 is 14.8 Å². The molecule has 3 aromatic carbocycles. The number of rotatable bonds is 8. The fourth-order valence-corrected chi connectivity index (χ4v) is 4.57. The summed E-state index contributed by atoms with van der Waals surface area (Å²) < 4.78 is 14.9. The lowest BCUT2D eigenvalue weighted by atomic mass is 10.1. The van der Waals surface area contributed by atoms with Gasteiger partial charge in [0, 0.05) is 29.5 Å². The van der Waals surface area contributed by atoms with Gasteiger partial charge >= 0.3 is 11.9 Å². The van der Waals surface area contributed by atoms with Gasteiger partial charge in [0.15, 0.2) is 0 Å². The summed E-state index contributed by atoms with van der Waals surface area (Å²) >= 11 is 0. The van der Waals surface area contributed by atoms with E-state index in [4.69, 9.17) is 19.7 Å². The zero-order valence-corrected chi connectivity index (χ0v) is 20.8. The molecular formula is C29H30N2O6. The average molecular weight is 503 g/mol. The van der Waals surface area contributed by atoms with E-state index in [0.29, 0.717) is 25.4 Å². The number of carboxylic acids is 2. The number of benzene rings is 3. The molecule has 1 aromatic heterocycles. The van der Waals surface area contributed by atoms with Crippen LogP contribution in [0.1, 0.15) is 24.1 Å². The number of carbonyl (C=O) groups is 2. The molecule has 2 heterocycles. The third-order valence-electron chi connectivity index (χ3n) is 6.04. The van der Waals surface area contributed by atoms with Crippen LogP contribution in [0.25, 0.3) is 21.8 Å². The normalized spacial score (nSPS) is 14.3. The number of fused-ring (bicyclic) bond motifs is 3. The number of nitrogens with one attached hydrogen (secondary N) is 1. The molecule has 8 nitrogen and oxygen atoms in total. The first-order valence-electron chi connectivity index (χ1n) is 12.1. The Hall–Kier alpha value is -4.30. The molecule has 4 aromatic rings. The predicted molar refractivity (Wildman–Crippen MR) is 143 cm³/mol. The number of nitrogens with zero attached hydrogens (tertiary/aromatic N) is 1. The van der Waals surface area contributed by atoms with Crippen molar-refractivity contribution in [3.8, 4) is 11.5 Å². The smallest absolute Gasteiger partial charge is 0.328 e. The van der Waals surface area contributed by atoms with Crippen molar-refractivity contribution >= 4 is 33.7 Å². The molecule has 8 heteroatoms. The molecule has 0 bridgehead atoms. The van der Waals surface area contributed by atoms with Crippen molar-refractivity contribution in [2.24, 2.45) is 0 Å². The Bertz CT molecular complexity index is 1430. The van der Waals surface area contributed by atoms with E-state index in [-0.39, 0.29) is 6.04 Å². The maximum absolute atomic E-state index is 9.55. The number of carboxylic acid groups (broad SMARTS) is 2.